The number of hydrogen-bond donors (Lipinski definition) is 2. The molecule has 2 aromatic rings. The highest BCUT2D eigenvalue weighted by molar-refractivity contribution is 7.80. The Morgan fingerprint density at radius 1 is 1.38 bits per heavy atom. The fourth-order valence-corrected chi connectivity index (χ4v) is 2.30. The molecule has 110 valence electrons. The van der Waals surface area contributed by atoms with E-state index in [-0.39, 0.29) is 0 Å². The van der Waals surface area contributed by atoms with Gasteiger partial charge in [0.1, 0.15) is 0 Å². The summed E-state index contributed by atoms with van der Waals surface area (Å²) in [6.07, 6.45) is 1.77. The molecular weight excluding hydrogens is 280 g/mol. The van der Waals surface area contributed by atoms with Crippen LogP contribution in [0.3, 0.4) is 0 Å². The molecule has 0 radical (unpaired) electrons. The van der Waals surface area contributed by atoms with E-state index in [9.17, 15) is 0 Å². The Hall–Kier alpha value is -2.14. The van der Waals surface area contributed by atoms with Gasteiger partial charge in [-0.2, -0.15) is 5.10 Å². The third-order valence-corrected chi connectivity index (χ3v) is 3.27. The Labute approximate surface area is 130 Å². The van der Waals surface area contributed by atoms with Crippen LogP contribution < -0.4 is 10.6 Å². The molecule has 21 heavy (non-hydrogen) atoms. The fraction of sp³-hybridized carbons (Fsp3) is 0.250. The minimum atomic E-state index is 0.596. The molecule has 0 aliphatic carbocycles. The van der Waals surface area contributed by atoms with Gasteiger partial charge in [0.2, 0.25) is 0 Å². The van der Waals surface area contributed by atoms with Gasteiger partial charge in [0.05, 0.1) is 12.2 Å². The zero-order valence-electron chi connectivity index (χ0n) is 12.4. The highest BCUT2D eigenvalue weighted by atomic mass is 32.1. The van der Waals surface area contributed by atoms with Gasteiger partial charge >= 0.3 is 0 Å². The van der Waals surface area contributed by atoms with Crippen LogP contribution in [0.15, 0.2) is 43.0 Å². The molecule has 2 rings (SSSR count). The summed E-state index contributed by atoms with van der Waals surface area (Å²) in [6.45, 7) is 9.12. The Balaban J connectivity index is 2.05. The van der Waals surface area contributed by atoms with Crippen molar-refractivity contribution in [2.24, 2.45) is 0 Å². The number of rotatable bonds is 5. The maximum absolute atomic E-state index is 5.21. The van der Waals surface area contributed by atoms with E-state index in [4.69, 9.17) is 12.2 Å². The van der Waals surface area contributed by atoms with Crippen molar-refractivity contribution in [2.45, 2.75) is 20.4 Å². The lowest BCUT2D eigenvalue weighted by atomic mass is 10.2. The molecule has 0 bridgehead atoms. The van der Waals surface area contributed by atoms with Crippen LogP contribution in [0, 0.1) is 13.8 Å². The van der Waals surface area contributed by atoms with E-state index in [1.54, 1.807) is 6.08 Å². The molecule has 2 N–H and O–H groups in total. The summed E-state index contributed by atoms with van der Waals surface area (Å²) in [4.78, 5) is 0. The van der Waals surface area contributed by atoms with Crippen molar-refractivity contribution in [3.63, 3.8) is 0 Å². The van der Waals surface area contributed by atoms with E-state index in [1.807, 2.05) is 23.7 Å². The molecule has 0 amide bonds. The SMILES string of the molecule is C=CCNC(=S)Nc1cccc(Cn2nc(C)cc2C)c1. The van der Waals surface area contributed by atoms with Crippen molar-refractivity contribution in [2.75, 3.05) is 11.9 Å². The third kappa shape index (κ3) is 4.43. The summed E-state index contributed by atoms with van der Waals surface area (Å²) in [6, 6.07) is 10.3. The Morgan fingerprint density at radius 2 is 2.19 bits per heavy atom. The maximum Gasteiger partial charge on any atom is 0.171 e. The first-order valence-electron chi connectivity index (χ1n) is 6.84. The number of benzene rings is 1. The minimum absolute atomic E-state index is 0.596. The van der Waals surface area contributed by atoms with Gasteiger partial charge in [-0.3, -0.25) is 4.68 Å². The molecule has 1 aromatic carbocycles. The second-order valence-electron chi connectivity index (χ2n) is 4.91. The largest absolute Gasteiger partial charge is 0.359 e. The van der Waals surface area contributed by atoms with E-state index in [0.29, 0.717) is 11.7 Å². The highest BCUT2D eigenvalue weighted by Gasteiger charge is 2.03. The first-order valence-corrected chi connectivity index (χ1v) is 7.25. The molecule has 0 saturated heterocycles. The van der Waals surface area contributed by atoms with Crippen LogP contribution in [0.25, 0.3) is 0 Å². The number of hydrogen-bond acceptors (Lipinski definition) is 2. The fourth-order valence-electron chi connectivity index (χ4n) is 2.10. The number of anilines is 1. The maximum atomic E-state index is 5.21. The first kappa shape index (κ1) is 15.3. The summed E-state index contributed by atoms with van der Waals surface area (Å²) in [5.74, 6) is 0. The van der Waals surface area contributed by atoms with Crippen LogP contribution in [0.2, 0.25) is 0 Å². The van der Waals surface area contributed by atoms with Gasteiger partial charge in [-0.05, 0) is 49.8 Å². The molecule has 0 spiro atoms. The molecule has 1 aromatic heterocycles. The Kier molecular flexibility index (Phi) is 5.11. The predicted molar refractivity (Wildman–Crippen MR) is 91.7 cm³/mol. The van der Waals surface area contributed by atoms with Gasteiger partial charge < -0.3 is 10.6 Å². The topological polar surface area (TPSA) is 41.9 Å². The van der Waals surface area contributed by atoms with Crippen molar-refractivity contribution in [3.8, 4) is 0 Å². The summed E-state index contributed by atoms with van der Waals surface area (Å²) in [5, 5.41) is 11.3. The lowest BCUT2D eigenvalue weighted by Crippen LogP contribution is -2.28. The molecule has 0 aliphatic rings. The van der Waals surface area contributed by atoms with Crippen LogP contribution in [-0.4, -0.2) is 21.4 Å². The van der Waals surface area contributed by atoms with E-state index in [1.165, 1.54) is 5.56 Å². The standard InChI is InChI=1S/C16H20N4S/c1-4-8-17-16(21)18-15-7-5-6-14(10-15)11-20-13(3)9-12(2)19-20/h4-7,9-10H,1,8,11H2,2-3H3,(H2,17,18,21). The van der Waals surface area contributed by atoms with Crippen LogP contribution in [0.1, 0.15) is 17.0 Å². The second-order valence-corrected chi connectivity index (χ2v) is 5.32. The number of thiocarbonyl (C=S) groups is 1. The average molecular weight is 300 g/mol. The third-order valence-electron chi connectivity index (χ3n) is 3.03. The molecule has 0 atom stereocenters. The summed E-state index contributed by atoms with van der Waals surface area (Å²) >= 11 is 5.21. The zero-order chi connectivity index (χ0) is 15.2. The lowest BCUT2D eigenvalue weighted by molar-refractivity contribution is 0.659. The lowest BCUT2D eigenvalue weighted by Gasteiger charge is -2.11. The predicted octanol–water partition coefficient (Wildman–Crippen LogP) is 3.02. The number of aryl methyl sites for hydroxylation is 2. The molecule has 1 heterocycles. The Bertz CT molecular complexity index is 645. The van der Waals surface area contributed by atoms with Crippen LogP contribution in [-0.2, 0) is 6.54 Å². The summed E-state index contributed by atoms with van der Waals surface area (Å²) in [7, 11) is 0. The number of aromatic nitrogens is 2. The summed E-state index contributed by atoms with van der Waals surface area (Å²) in [5.41, 5.74) is 4.35. The first-order chi connectivity index (χ1) is 10.1. The van der Waals surface area contributed by atoms with Crippen LogP contribution in [0.4, 0.5) is 5.69 Å². The van der Waals surface area contributed by atoms with E-state index >= 15 is 0 Å². The van der Waals surface area contributed by atoms with Crippen molar-refractivity contribution in [1.82, 2.24) is 15.1 Å². The van der Waals surface area contributed by atoms with Crippen molar-refractivity contribution in [1.29, 1.82) is 0 Å². The number of nitrogens with zero attached hydrogens (tertiary/aromatic N) is 2. The van der Waals surface area contributed by atoms with E-state index < -0.39 is 0 Å². The number of nitrogens with one attached hydrogen (secondary N) is 2. The van der Waals surface area contributed by atoms with Gasteiger partial charge in [-0.1, -0.05) is 18.2 Å². The van der Waals surface area contributed by atoms with Gasteiger partial charge in [-0.15, -0.1) is 6.58 Å². The van der Waals surface area contributed by atoms with Gasteiger partial charge in [-0.25, -0.2) is 0 Å². The molecular formula is C16H20N4S. The molecule has 0 aliphatic heterocycles. The van der Waals surface area contributed by atoms with Crippen molar-refractivity contribution in [3.05, 3.63) is 59.9 Å². The van der Waals surface area contributed by atoms with Gasteiger partial charge in [0, 0.05) is 17.9 Å². The van der Waals surface area contributed by atoms with Crippen molar-refractivity contribution >= 4 is 23.0 Å². The minimum Gasteiger partial charge on any atom is -0.359 e. The molecule has 5 heteroatoms. The zero-order valence-corrected chi connectivity index (χ0v) is 13.2. The monoisotopic (exact) mass is 300 g/mol. The van der Waals surface area contributed by atoms with Crippen LogP contribution >= 0.6 is 12.2 Å². The van der Waals surface area contributed by atoms with Crippen LogP contribution in [0.5, 0.6) is 0 Å². The van der Waals surface area contributed by atoms with E-state index in [2.05, 4.69) is 47.4 Å². The summed E-state index contributed by atoms with van der Waals surface area (Å²) < 4.78 is 2.00. The normalized spacial score (nSPS) is 10.2. The second kappa shape index (κ2) is 7.04. The molecule has 0 unspecified atom stereocenters. The molecule has 0 fully saturated rings. The molecule has 4 nitrogen and oxygen atoms in total. The van der Waals surface area contributed by atoms with E-state index in [0.717, 1.165) is 23.6 Å². The Morgan fingerprint density at radius 3 is 2.86 bits per heavy atom. The van der Waals surface area contributed by atoms with Crippen molar-refractivity contribution < 1.29 is 0 Å². The average Bonchev–Trinajstić information content (AvgIpc) is 2.75. The highest BCUT2D eigenvalue weighted by Crippen LogP contribution is 2.13. The van der Waals surface area contributed by atoms with Gasteiger partial charge in [0.25, 0.3) is 0 Å². The smallest absolute Gasteiger partial charge is 0.171 e. The quantitative estimate of drug-likeness (QED) is 0.658. The van der Waals surface area contributed by atoms with Gasteiger partial charge in [0.15, 0.2) is 5.11 Å². The molecule has 0 saturated carbocycles.